The van der Waals surface area contributed by atoms with Crippen LogP contribution in [-0.4, -0.2) is 39.1 Å². The number of fused-ring (bicyclic) bond motifs is 14. The number of Topliss-reactive ketones (excluding diaryl/α,β-unsaturated/α-hetero) is 1. The first-order chi connectivity index (χ1) is 32.2. The first kappa shape index (κ1) is 54.3. The molecule has 10 fully saturated rings. The molecule has 0 aromatic rings. The van der Waals surface area contributed by atoms with Gasteiger partial charge in [-0.05, 0) is 233 Å². The Hall–Kier alpha value is -2.02. The van der Waals surface area contributed by atoms with Crippen molar-refractivity contribution >= 4 is 17.7 Å². The zero-order valence-corrected chi connectivity index (χ0v) is 46.9. The Bertz CT molecular complexity index is 2280. The summed E-state index contributed by atoms with van der Waals surface area (Å²) in [6, 6.07) is 0. The van der Waals surface area contributed by atoms with Crippen LogP contribution in [-0.2, 0) is 39.7 Å². The third kappa shape index (κ3) is 7.25. The van der Waals surface area contributed by atoms with Crippen molar-refractivity contribution in [3.63, 3.8) is 0 Å². The minimum absolute atomic E-state index is 0.0202. The molecule has 19 atom stereocenters. The molecule has 0 radical (unpaired) electrons. The van der Waals surface area contributed by atoms with E-state index in [9.17, 15) is 29.7 Å². The quantitative estimate of drug-likeness (QED) is 0.233. The van der Waals surface area contributed by atoms with Crippen LogP contribution in [0.1, 0.15) is 212 Å². The average Bonchev–Trinajstić information content (AvgIpc) is 3.86. The van der Waals surface area contributed by atoms with Crippen LogP contribution in [0.3, 0.4) is 0 Å². The van der Waals surface area contributed by atoms with E-state index >= 15 is 0 Å². The number of carbonyl (C=O) groups is 3. The van der Waals surface area contributed by atoms with Gasteiger partial charge in [-0.3, -0.25) is 14.4 Å². The molecule has 3 N–H and O–H groups in total. The summed E-state index contributed by atoms with van der Waals surface area (Å²) in [5.41, 5.74) is 2.38. The number of ketones is 1. The van der Waals surface area contributed by atoms with Crippen LogP contribution in [0, 0.1) is 113 Å². The number of carboxylic acid groups (broad SMARTS) is 2. The van der Waals surface area contributed by atoms with Gasteiger partial charge in [-0.25, -0.2) is 0 Å². The van der Waals surface area contributed by atoms with Crippen LogP contribution < -0.4 is 0 Å². The molecule has 10 rings (SSSR count). The third-order valence-electron chi connectivity index (χ3n) is 26.7. The molecule has 0 aromatic heterocycles. The topological polar surface area (TPSA) is 163 Å². The van der Waals surface area contributed by atoms with E-state index in [-0.39, 0.29) is 61.3 Å². The van der Waals surface area contributed by atoms with Crippen molar-refractivity contribution in [3.05, 3.63) is 24.3 Å². The van der Waals surface area contributed by atoms with Gasteiger partial charge in [0.25, 0.3) is 0 Å². The van der Waals surface area contributed by atoms with E-state index in [0.29, 0.717) is 53.1 Å². The van der Waals surface area contributed by atoms with Gasteiger partial charge in [-0.15, -0.1) is 0 Å². The molecule has 394 valence electrons. The first-order valence-corrected chi connectivity index (χ1v) is 29.6. The van der Waals surface area contributed by atoms with Crippen LogP contribution in [0.5, 0.6) is 0 Å². The second-order valence-corrected chi connectivity index (χ2v) is 29.7. The number of hydrogen-bond donors (Lipinski definition) is 3. The van der Waals surface area contributed by atoms with Crippen molar-refractivity contribution in [1.82, 2.24) is 0 Å². The monoisotopic (exact) mass is 1010 g/mol. The second-order valence-electron chi connectivity index (χ2n) is 29.0. The molecule has 10 saturated carbocycles. The number of carbonyl (C=O) groups excluding carboxylic acids is 1. The second kappa shape index (κ2) is 17.5. The molecular formula is C60H94CrO9. The summed E-state index contributed by atoms with van der Waals surface area (Å²) in [5.74, 6) is 3.86. The van der Waals surface area contributed by atoms with Crippen molar-refractivity contribution in [2.45, 2.75) is 218 Å². The van der Waals surface area contributed by atoms with Gasteiger partial charge in [0.1, 0.15) is 5.78 Å². The van der Waals surface area contributed by atoms with E-state index in [1.54, 1.807) is 0 Å². The maximum atomic E-state index is 12.9. The van der Waals surface area contributed by atoms with Gasteiger partial charge in [0.05, 0.1) is 16.9 Å². The predicted molar refractivity (Wildman–Crippen MR) is 266 cm³/mol. The summed E-state index contributed by atoms with van der Waals surface area (Å²) in [4.78, 5) is 38.4. The number of aliphatic carboxylic acids is 2. The summed E-state index contributed by atoms with van der Waals surface area (Å²) < 4.78 is 25.6. The van der Waals surface area contributed by atoms with E-state index in [0.717, 1.165) is 89.9 Å². The van der Waals surface area contributed by atoms with Crippen LogP contribution in [0.4, 0.5) is 0 Å². The molecule has 10 heteroatoms. The molecule has 0 saturated heterocycles. The number of aliphatic hydroxyl groups excluding tert-OH is 1. The van der Waals surface area contributed by atoms with Crippen molar-refractivity contribution in [1.29, 1.82) is 0 Å². The number of allylic oxidation sites excluding steroid dienone is 2. The molecule has 9 nitrogen and oxygen atoms in total. The van der Waals surface area contributed by atoms with Gasteiger partial charge in [0, 0.05) is 11.8 Å². The van der Waals surface area contributed by atoms with Gasteiger partial charge in [-0.2, -0.15) is 0 Å². The molecule has 0 heterocycles. The number of carboxylic acids is 2. The van der Waals surface area contributed by atoms with Gasteiger partial charge in [-0.1, -0.05) is 93.5 Å². The first-order valence-electron chi connectivity index (χ1n) is 28.0. The minimum atomic E-state index is -3.79. The van der Waals surface area contributed by atoms with Gasteiger partial charge >= 0.3 is 37.3 Å². The summed E-state index contributed by atoms with van der Waals surface area (Å²) in [6.45, 7) is 37.4. The normalized spacial score (nSPS) is 51.2. The Kier molecular flexibility index (Phi) is 13.6. The molecule has 0 spiro atoms. The molecule has 10 aliphatic carbocycles. The molecule has 10 aliphatic rings. The maximum absolute atomic E-state index is 12.9. The van der Waals surface area contributed by atoms with Crippen LogP contribution in [0.25, 0.3) is 0 Å². The molecule has 0 unspecified atom stereocenters. The van der Waals surface area contributed by atoms with Crippen molar-refractivity contribution in [3.8, 4) is 0 Å². The molecule has 70 heavy (non-hydrogen) atoms. The van der Waals surface area contributed by atoms with Crippen LogP contribution in [0.15, 0.2) is 24.3 Å². The van der Waals surface area contributed by atoms with Crippen molar-refractivity contribution in [2.24, 2.45) is 113 Å². The summed E-state index contributed by atoms with van der Waals surface area (Å²) in [7, 11) is 0. The van der Waals surface area contributed by atoms with E-state index < -0.39 is 36.7 Å². The van der Waals surface area contributed by atoms with E-state index in [1.165, 1.54) is 49.7 Å². The third-order valence-corrected chi connectivity index (χ3v) is 26.7. The van der Waals surface area contributed by atoms with E-state index in [2.05, 4.69) is 96.2 Å². The van der Waals surface area contributed by atoms with Crippen molar-refractivity contribution < 1.29 is 55.1 Å². The Morgan fingerprint density at radius 1 is 0.500 bits per heavy atom. The zero-order valence-electron chi connectivity index (χ0n) is 45.6. The summed E-state index contributed by atoms with van der Waals surface area (Å²) in [5, 5.41) is 31.9. The molecule has 0 aromatic carbocycles. The Balaban J connectivity index is 0.000000175. The SMILES string of the molecule is C=C(C)[C@@H]1CC[C@]2(C(=O)O)CC[C@]3(C)[C@H](CC[C@@H]4[C@@]5(C)CCC(=O)C(C)(C)[C@@H]5CC[C@]43C)[C@@H]12.C=C(C)[C@@H]1CC[C@]2(C(=O)O)CC[C@]3(C)[C@H](CC[C@@H]4[C@@]5(C)CC[C@H](O)C(C)(C)[C@@H]5CC[C@]43C)[C@@H]12.[O]=[Cr](=[O])=[O]. The Labute approximate surface area is 426 Å². The van der Waals surface area contributed by atoms with Gasteiger partial charge in [0.2, 0.25) is 0 Å². The fourth-order valence-corrected chi connectivity index (χ4v) is 22.8. The van der Waals surface area contributed by atoms with Gasteiger partial charge in [0.15, 0.2) is 0 Å². The number of rotatable bonds is 4. The molecule has 0 bridgehead atoms. The Morgan fingerprint density at radius 2 is 0.900 bits per heavy atom. The fourth-order valence-electron chi connectivity index (χ4n) is 22.8. The van der Waals surface area contributed by atoms with Crippen LogP contribution >= 0.6 is 0 Å². The molecule has 0 amide bonds. The van der Waals surface area contributed by atoms with Crippen molar-refractivity contribution in [2.75, 3.05) is 0 Å². The van der Waals surface area contributed by atoms with E-state index in [4.69, 9.17) is 11.4 Å². The fraction of sp³-hybridized carbons (Fsp3) is 0.883. The van der Waals surface area contributed by atoms with Crippen LogP contribution in [0.2, 0.25) is 0 Å². The Morgan fingerprint density at radius 3 is 1.30 bits per heavy atom. The number of hydrogen-bond acceptors (Lipinski definition) is 7. The van der Waals surface area contributed by atoms with E-state index in [1.807, 2.05) is 0 Å². The summed E-state index contributed by atoms with van der Waals surface area (Å²) in [6.07, 6.45) is 20.6. The zero-order chi connectivity index (χ0) is 52.0. The van der Waals surface area contributed by atoms with Gasteiger partial charge < -0.3 is 15.3 Å². The summed E-state index contributed by atoms with van der Waals surface area (Å²) >= 11 is -3.79. The average molecular weight is 1010 g/mol. The molecular weight excluding hydrogens is 917 g/mol. The standard InChI is InChI=1S/C30H48O3.C30H46O3.Cr.3O/c2*1-18(2)19-10-15-30(25(32)33)17-16-28(6)20(24(19)30)8-9-22-27(5)13-12-23(31)26(3,4)21(27)11-14-29(22,28)7;;;;/h19-24,31H,1,8-17H2,2-7H3,(H,32,33);19-22,24H,1,8-17H2,2-7H3,(H,32,33);;;;/t19-,20+,21-,22+,23-,24+,27-,28+,29+,30-;19-,20+,21-,22+,24+,27-,28+,29+,30-;;;;/m00..../s1. The predicted octanol–water partition coefficient (Wildman–Crippen LogP) is 14.0. The number of aliphatic hydroxyl groups is 1. The molecule has 0 aliphatic heterocycles.